The second-order valence-corrected chi connectivity index (χ2v) is 6.35. The van der Waals surface area contributed by atoms with Crippen molar-refractivity contribution in [2.45, 2.75) is 23.6 Å². The number of nitrogens with two attached hydrogens (primary N) is 1. The summed E-state index contributed by atoms with van der Waals surface area (Å²) >= 11 is 0. The standard InChI is InChI=1S/C14H15NO3S/c1-9-7-12(16)8-10(2)14(9)19(17,18)13-5-3-11(15)4-6-13/h3-8,16H,15H2,1-2H3/p-1. The minimum Gasteiger partial charge on any atom is -0.872 e. The molecule has 0 saturated heterocycles. The normalized spacial score (nSPS) is 11.5. The highest BCUT2D eigenvalue weighted by Gasteiger charge is 2.21. The van der Waals surface area contributed by atoms with Gasteiger partial charge in [-0.15, -0.1) is 5.75 Å². The highest BCUT2D eigenvalue weighted by molar-refractivity contribution is 7.91. The molecular formula is C14H14NO3S-. The maximum atomic E-state index is 12.6. The second kappa shape index (κ2) is 4.59. The summed E-state index contributed by atoms with van der Waals surface area (Å²) in [7, 11) is -3.63. The molecule has 0 fully saturated rings. The van der Waals surface area contributed by atoms with E-state index in [0.717, 1.165) is 0 Å². The van der Waals surface area contributed by atoms with E-state index in [2.05, 4.69) is 0 Å². The van der Waals surface area contributed by atoms with Crippen LogP contribution in [0.4, 0.5) is 5.69 Å². The van der Waals surface area contributed by atoms with Crippen molar-refractivity contribution in [3.05, 3.63) is 47.5 Å². The van der Waals surface area contributed by atoms with Crippen LogP contribution in [0.1, 0.15) is 11.1 Å². The van der Waals surface area contributed by atoms with Crippen molar-refractivity contribution in [3.8, 4) is 5.75 Å². The Kier molecular flexibility index (Phi) is 3.24. The van der Waals surface area contributed by atoms with Gasteiger partial charge in [-0.3, -0.25) is 0 Å². The Hall–Kier alpha value is -2.01. The fourth-order valence-electron chi connectivity index (χ4n) is 2.10. The van der Waals surface area contributed by atoms with Crippen LogP contribution in [-0.4, -0.2) is 8.42 Å². The van der Waals surface area contributed by atoms with Crippen molar-refractivity contribution >= 4 is 15.5 Å². The predicted octanol–water partition coefficient (Wildman–Crippen LogP) is 1.79. The molecule has 0 heterocycles. The Morgan fingerprint density at radius 2 is 1.47 bits per heavy atom. The third-order valence-corrected chi connectivity index (χ3v) is 4.97. The minimum absolute atomic E-state index is 0.173. The molecule has 0 aliphatic carbocycles. The molecule has 0 aliphatic rings. The van der Waals surface area contributed by atoms with Gasteiger partial charge in [-0.2, -0.15) is 0 Å². The molecule has 0 saturated carbocycles. The largest absolute Gasteiger partial charge is 0.872 e. The van der Waals surface area contributed by atoms with E-state index < -0.39 is 9.84 Å². The molecule has 19 heavy (non-hydrogen) atoms. The summed E-state index contributed by atoms with van der Waals surface area (Å²) in [5.41, 5.74) is 6.97. The van der Waals surface area contributed by atoms with Crippen molar-refractivity contribution in [2.24, 2.45) is 0 Å². The molecule has 0 bridgehead atoms. The molecule has 0 unspecified atom stereocenters. The molecule has 0 radical (unpaired) electrons. The van der Waals surface area contributed by atoms with E-state index in [-0.39, 0.29) is 15.5 Å². The van der Waals surface area contributed by atoms with Crippen molar-refractivity contribution in [2.75, 3.05) is 5.73 Å². The third-order valence-electron chi connectivity index (χ3n) is 2.89. The number of anilines is 1. The molecule has 2 aromatic rings. The SMILES string of the molecule is Cc1cc([O-])cc(C)c1S(=O)(=O)c1ccc(N)cc1. The van der Waals surface area contributed by atoms with Gasteiger partial charge in [0.1, 0.15) is 0 Å². The molecular weight excluding hydrogens is 262 g/mol. The van der Waals surface area contributed by atoms with Gasteiger partial charge in [0.05, 0.1) is 9.79 Å². The summed E-state index contributed by atoms with van der Waals surface area (Å²) in [6, 6.07) is 8.68. The van der Waals surface area contributed by atoms with Gasteiger partial charge < -0.3 is 10.8 Å². The van der Waals surface area contributed by atoms with Crippen LogP contribution in [0, 0.1) is 13.8 Å². The van der Waals surface area contributed by atoms with Gasteiger partial charge in [0, 0.05) is 5.69 Å². The van der Waals surface area contributed by atoms with Crippen molar-refractivity contribution in [1.29, 1.82) is 0 Å². The van der Waals surface area contributed by atoms with E-state index in [1.54, 1.807) is 26.0 Å². The van der Waals surface area contributed by atoms with Gasteiger partial charge >= 0.3 is 0 Å². The summed E-state index contributed by atoms with van der Waals surface area (Å²) in [5, 5.41) is 11.4. The molecule has 0 aliphatic heterocycles. The van der Waals surface area contributed by atoms with Crippen LogP contribution in [-0.2, 0) is 9.84 Å². The first-order valence-corrected chi connectivity index (χ1v) is 7.19. The minimum atomic E-state index is -3.63. The van der Waals surface area contributed by atoms with Crippen LogP contribution in [0.15, 0.2) is 46.2 Å². The van der Waals surface area contributed by atoms with E-state index in [9.17, 15) is 13.5 Å². The van der Waals surface area contributed by atoms with Crippen LogP contribution in [0.25, 0.3) is 0 Å². The van der Waals surface area contributed by atoms with E-state index in [0.29, 0.717) is 16.8 Å². The molecule has 2 aromatic carbocycles. The zero-order valence-corrected chi connectivity index (χ0v) is 11.5. The van der Waals surface area contributed by atoms with Gasteiger partial charge in [0.15, 0.2) is 0 Å². The van der Waals surface area contributed by atoms with E-state index in [1.165, 1.54) is 24.3 Å². The Bertz CT molecular complexity index is 696. The first-order valence-electron chi connectivity index (χ1n) is 5.71. The van der Waals surface area contributed by atoms with Crippen LogP contribution < -0.4 is 10.8 Å². The van der Waals surface area contributed by atoms with Gasteiger partial charge in [-0.25, -0.2) is 8.42 Å². The lowest BCUT2D eigenvalue weighted by atomic mass is 10.1. The van der Waals surface area contributed by atoms with Gasteiger partial charge in [0.2, 0.25) is 9.84 Å². The fourth-order valence-corrected chi connectivity index (χ4v) is 3.79. The topological polar surface area (TPSA) is 83.2 Å². The monoisotopic (exact) mass is 276 g/mol. The molecule has 2 N–H and O–H groups in total. The number of hydrogen-bond acceptors (Lipinski definition) is 4. The average molecular weight is 276 g/mol. The lowest BCUT2D eigenvalue weighted by Gasteiger charge is -2.15. The zero-order valence-electron chi connectivity index (χ0n) is 10.7. The molecule has 2 rings (SSSR count). The lowest BCUT2D eigenvalue weighted by molar-refractivity contribution is -0.268. The Balaban J connectivity index is 2.67. The zero-order chi connectivity index (χ0) is 14.2. The Morgan fingerprint density at radius 3 is 1.95 bits per heavy atom. The van der Waals surface area contributed by atoms with Crippen LogP contribution in [0.3, 0.4) is 0 Å². The van der Waals surface area contributed by atoms with Gasteiger partial charge in [-0.05, 0) is 49.2 Å². The quantitative estimate of drug-likeness (QED) is 0.848. The fraction of sp³-hybridized carbons (Fsp3) is 0.143. The number of benzene rings is 2. The van der Waals surface area contributed by atoms with E-state index >= 15 is 0 Å². The maximum Gasteiger partial charge on any atom is 0.207 e. The summed E-state index contributed by atoms with van der Waals surface area (Å²) < 4.78 is 25.1. The molecule has 4 nitrogen and oxygen atoms in total. The van der Waals surface area contributed by atoms with Crippen LogP contribution in [0.2, 0.25) is 0 Å². The third kappa shape index (κ3) is 2.42. The molecule has 5 heteroatoms. The van der Waals surface area contributed by atoms with Crippen LogP contribution in [0.5, 0.6) is 5.75 Å². The smallest absolute Gasteiger partial charge is 0.207 e. The predicted molar refractivity (Wildman–Crippen MR) is 71.7 cm³/mol. The molecule has 100 valence electrons. The van der Waals surface area contributed by atoms with Crippen LogP contribution >= 0.6 is 0 Å². The molecule has 0 aromatic heterocycles. The number of sulfone groups is 1. The Labute approximate surface area is 112 Å². The number of nitrogen functional groups attached to an aromatic ring is 1. The molecule has 0 atom stereocenters. The highest BCUT2D eigenvalue weighted by atomic mass is 32.2. The van der Waals surface area contributed by atoms with E-state index in [1.807, 2.05) is 0 Å². The first kappa shape index (κ1) is 13.4. The first-order chi connectivity index (χ1) is 8.82. The van der Waals surface area contributed by atoms with E-state index in [4.69, 9.17) is 5.73 Å². The number of hydrogen-bond donors (Lipinski definition) is 1. The highest BCUT2D eigenvalue weighted by Crippen LogP contribution is 2.29. The van der Waals surface area contributed by atoms with Gasteiger partial charge in [-0.1, -0.05) is 12.1 Å². The van der Waals surface area contributed by atoms with Crippen molar-refractivity contribution in [1.82, 2.24) is 0 Å². The van der Waals surface area contributed by atoms with Crippen molar-refractivity contribution < 1.29 is 13.5 Å². The summed E-state index contributed by atoms with van der Waals surface area (Å²) in [6.45, 7) is 3.25. The number of rotatable bonds is 2. The number of aryl methyl sites for hydroxylation is 2. The van der Waals surface area contributed by atoms with Crippen molar-refractivity contribution in [3.63, 3.8) is 0 Å². The lowest BCUT2D eigenvalue weighted by Crippen LogP contribution is -2.07. The molecule has 0 amide bonds. The Morgan fingerprint density at radius 1 is 1.00 bits per heavy atom. The summed E-state index contributed by atoms with van der Waals surface area (Å²) in [5.74, 6) is -0.189. The maximum absolute atomic E-state index is 12.6. The summed E-state index contributed by atoms with van der Waals surface area (Å²) in [6.07, 6.45) is 0. The average Bonchev–Trinajstić information content (AvgIpc) is 2.27. The summed E-state index contributed by atoms with van der Waals surface area (Å²) in [4.78, 5) is 0.364. The molecule has 0 spiro atoms. The second-order valence-electron chi connectivity index (χ2n) is 4.46. The van der Waals surface area contributed by atoms with Gasteiger partial charge in [0.25, 0.3) is 0 Å².